The third-order valence-corrected chi connectivity index (χ3v) is 6.15. The molecular formula is C21H22BrN5OS. The van der Waals surface area contributed by atoms with Crippen molar-refractivity contribution in [3.8, 4) is 0 Å². The number of nitrogens with zero attached hydrogens (tertiary/aromatic N) is 4. The number of thioether (sulfide) groups is 1. The minimum absolute atomic E-state index is 0.164. The molecule has 150 valence electrons. The van der Waals surface area contributed by atoms with Crippen molar-refractivity contribution in [1.29, 1.82) is 0 Å². The Hall–Kier alpha value is -2.32. The SMILES string of the molecule is CCN(CC)c1ccc([C@H]2N=c3ccc(Br)cc3=C3C(=O)NC(SC)=NN32)cc1. The lowest BCUT2D eigenvalue weighted by atomic mass is 10.1. The second-order valence-electron chi connectivity index (χ2n) is 6.68. The molecule has 8 heteroatoms. The predicted molar refractivity (Wildman–Crippen MR) is 122 cm³/mol. The molecule has 2 heterocycles. The maximum atomic E-state index is 12.9. The molecule has 2 aromatic rings. The van der Waals surface area contributed by atoms with Crippen molar-refractivity contribution in [2.75, 3.05) is 24.2 Å². The molecule has 0 bridgehead atoms. The van der Waals surface area contributed by atoms with Gasteiger partial charge in [0.15, 0.2) is 11.3 Å². The highest BCUT2D eigenvalue weighted by Crippen LogP contribution is 2.31. The van der Waals surface area contributed by atoms with Crippen molar-refractivity contribution in [3.05, 3.63) is 63.1 Å². The van der Waals surface area contributed by atoms with Crippen LogP contribution in [0.1, 0.15) is 25.6 Å². The van der Waals surface area contributed by atoms with E-state index in [0.29, 0.717) is 10.9 Å². The van der Waals surface area contributed by atoms with E-state index in [1.165, 1.54) is 17.4 Å². The number of fused-ring (bicyclic) bond motifs is 2. The monoisotopic (exact) mass is 471 g/mol. The number of benzene rings is 2. The summed E-state index contributed by atoms with van der Waals surface area (Å²) in [4.78, 5) is 20.2. The third-order valence-electron chi connectivity index (χ3n) is 5.08. The third kappa shape index (κ3) is 3.67. The zero-order valence-electron chi connectivity index (χ0n) is 16.5. The van der Waals surface area contributed by atoms with E-state index in [1.54, 1.807) is 5.01 Å². The van der Waals surface area contributed by atoms with Crippen molar-refractivity contribution >= 4 is 50.2 Å². The van der Waals surface area contributed by atoms with Crippen molar-refractivity contribution in [3.63, 3.8) is 0 Å². The molecule has 0 aromatic heterocycles. The van der Waals surface area contributed by atoms with Crippen LogP contribution in [-0.2, 0) is 4.79 Å². The maximum absolute atomic E-state index is 12.9. The number of carbonyl (C=O) groups is 1. The van der Waals surface area contributed by atoms with Crippen molar-refractivity contribution in [2.24, 2.45) is 10.1 Å². The molecule has 29 heavy (non-hydrogen) atoms. The van der Waals surface area contributed by atoms with E-state index in [2.05, 4.69) is 69.4 Å². The largest absolute Gasteiger partial charge is 0.372 e. The Morgan fingerprint density at radius 3 is 2.55 bits per heavy atom. The van der Waals surface area contributed by atoms with Crippen LogP contribution in [0.25, 0.3) is 5.70 Å². The molecule has 1 atom stereocenters. The second-order valence-corrected chi connectivity index (χ2v) is 8.40. The zero-order valence-corrected chi connectivity index (χ0v) is 18.9. The van der Waals surface area contributed by atoms with Crippen LogP contribution in [0.3, 0.4) is 0 Å². The van der Waals surface area contributed by atoms with Gasteiger partial charge in [0.25, 0.3) is 5.91 Å². The van der Waals surface area contributed by atoms with Crippen LogP contribution >= 0.6 is 27.7 Å². The number of rotatable bonds is 4. The summed E-state index contributed by atoms with van der Waals surface area (Å²) in [6.07, 6.45) is 1.50. The first kappa shape index (κ1) is 20.0. The Labute approximate surface area is 182 Å². The fourth-order valence-corrected chi connectivity index (χ4v) is 4.33. The topological polar surface area (TPSA) is 60.3 Å². The van der Waals surface area contributed by atoms with Gasteiger partial charge in [-0.2, -0.15) is 0 Å². The first-order valence-corrected chi connectivity index (χ1v) is 11.5. The molecule has 2 aliphatic rings. The highest BCUT2D eigenvalue weighted by atomic mass is 79.9. The Bertz CT molecular complexity index is 1100. The van der Waals surface area contributed by atoms with E-state index >= 15 is 0 Å². The minimum atomic E-state index is -0.391. The van der Waals surface area contributed by atoms with Crippen LogP contribution in [0.5, 0.6) is 0 Å². The second kappa shape index (κ2) is 8.20. The van der Waals surface area contributed by atoms with E-state index in [1.807, 2.05) is 24.5 Å². The van der Waals surface area contributed by atoms with Gasteiger partial charge in [0.2, 0.25) is 0 Å². The summed E-state index contributed by atoms with van der Waals surface area (Å²) in [6, 6.07) is 14.2. The number of amidine groups is 1. The number of hydrazone groups is 1. The molecule has 0 aliphatic carbocycles. The molecule has 1 N–H and O–H groups in total. The van der Waals surface area contributed by atoms with Gasteiger partial charge in [-0.1, -0.05) is 39.8 Å². The van der Waals surface area contributed by atoms with Gasteiger partial charge in [-0.3, -0.25) is 15.1 Å². The lowest BCUT2D eigenvalue weighted by Crippen LogP contribution is -2.50. The lowest BCUT2D eigenvalue weighted by molar-refractivity contribution is -0.116. The number of hydrogen-bond acceptors (Lipinski definition) is 6. The van der Waals surface area contributed by atoms with E-state index in [0.717, 1.165) is 33.7 Å². The molecule has 0 saturated heterocycles. The summed E-state index contributed by atoms with van der Waals surface area (Å²) in [5, 5.41) is 11.4. The summed E-state index contributed by atoms with van der Waals surface area (Å²) < 4.78 is 0.897. The molecule has 0 fully saturated rings. The maximum Gasteiger partial charge on any atom is 0.276 e. The smallest absolute Gasteiger partial charge is 0.276 e. The average Bonchev–Trinajstić information content (AvgIpc) is 2.74. The fourth-order valence-electron chi connectivity index (χ4n) is 3.61. The van der Waals surface area contributed by atoms with Gasteiger partial charge < -0.3 is 4.90 Å². The van der Waals surface area contributed by atoms with Gasteiger partial charge in [0.05, 0.1) is 5.36 Å². The summed E-state index contributed by atoms with van der Waals surface area (Å²) in [7, 11) is 0. The highest BCUT2D eigenvalue weighted by molar-refractivity contribution is 9.10. The van der Waals surface area contributed by atoms with Gasteiger partial charge in [-0.25, -0.2) is 5.01 Å². The van der Waals surface area contributed by atoms with Gasteiger partial charge in [0, 0.05) is 28.5 Å². The predicted octanol–water partition coefficient (Wildman–Crippen LogP) is 2.80. The normalized spacial score (nSPS) is 17.7. The molecule has 6 nitrogen and oxygen atoms in total. The number of anilines is 1. The highest BCUT2D eigenvalue weighted by Gasteiger charge is 2.34. The molecule has 1 amide bonds. The van der Waals surface area contributed by atoms with E-state index in [-0.39, 0.29) is 5.91 Å². The summed E-state index contributed by atoms with van der Waals surface area (Å²) in [5.41, 5.74) is 2.69. The zero-order chi connectivity index (χ0) is 20.5. The van der Waals surface area contributed by atoms with E-state index in [9.17, 15) is 4.79 Å². The Morgan fingerprint density at radius 2 is 1.90 bits per heavy atom. The number of hydrogen-bond donors (Lipinski definition) is 1. The van der Waals surface area contributed by atoms with Crippen LogP contribution in [0.15, 0.2) is 57.0 Å². The Balaban J connectivity index is 1.86. The van der Waals surface area contributed by atoms with E-state index < -0.39 is 6.17 Å². The van der Waals surface area contributed by atoms with Crippen LogP contribution in [0.4, 0.5) is 5.69 Å². The Kier molecular flexibility index (Phi) is 5.65. The first-order chi connectivity index (χ1) is 14.0. The standard InChI is InChI=1S/C21H22BrN5OS/c1-4-26(5-2)15-9-6-13(7-10-15)19-23-17-11-8-14(22)12-16(17)18-20(28)24-21(29-3)25-27(18)19/h6-12,19H,4-5H2,1-3H3,(H,24,25,28)/t19-/m0/s1. The average molecular weight is 472 g/mol. The van der Waals surface area contributed by atoms with Crippen LogP contribution in [-0.4, -0.2) is 35.4 Å². The Morgan fingerprint density at radius 1 is 1.17 bits per heavy atom. The van der Waals surface area contributed by atoms with Crippen LogP contribution < -0.4 is 20.8 Å². The summed E-state index contributed by atoms with van der Waals surface area (Å²) in [5.74, 6) is -0.164. The van der Waals surface area contributed by atoms with Crippen molar-refractivity contribution in [2.45, 2.75) is 20.0 Å². The van der Waals surface area contributed by atoms with Gasteiger partial charge in [-0.05, 0) is 56.0 Å². The van der Waals surface area contributed by atoms with E-state index in [4.69, 9.17) is 4.99 Å². The number of amides is 1. The molecule has 4 rings (SSSR count). The molecule has 0 spiro atoms. The molecule has 2 aromatic carbocycles. The lowest BCUT2D eigenvalue weighted by Gasteiger charge is -2.34. The number of nitrogens with one attached hydrogen (secondary N) is 1. The fraction of sp³-hybridized carbons (Fsp3) is 0.286. The number of halogens is 1. The van der Waals surface area contributed by atoms with Gasteiger partial charge in [0.1, 0.15) is 5.70 Å². The summed E-state index contributed by atoms with van der Waals surface area (Å²) in [6.45, 7) is 6.21. The van der Waals surface area contributed by atoms with Crippen LogP contribution in [0.2, 0.25) is 0 Å². The van der Waals surface area contributed by atoms with Crippen molar-refractivity contribution < 1.29 is 4.79 Å². The first-order valence-electron chi connectivity index (χ1n) is 9.51. The molecule has 0 saturated carbocycles. The van der Waals surface area contributed by atoms with Crippen molar-refractivity contribution in [1.82, 2.24) is 10.3 Å². The quantitative estimate of drug-likeness (QED) is 0.744. The number of carbonyl (C=O) groups excluding carboxylic acids is 1. The van der Waals surface area contributed by atoms with Gasteiger partial charge in [-0.15, -0.1) is 5.10 Å². The van der Waals surface area contributed by atoms with Gasteiger partial charge >= 0.3 is 0 Å². The molecule has 2 aliphatic heterocycles. The van der Waals surface area contributed by atoms with Crippen LogP contribution in [0, 0.1) is 0 Å². The summed E-state index contributed by atoms with van der Waals surface area (Å²) >= 11 is 4.90. The molecule has 0 radical (unpaired) electrons. The molecule has 0 unspecified atom stereocenters. The molecular weight excluding hydrogens is 450 g/mol. The minimum Gasteiger partial charge on any atom is -0.372 e.